The highest BCUT2D eigenvalue weighted by atomic mass is 35.5. The van der Waals surface area contributed by atoms with Crippen molar-refractivity contribution in [1.29, 1.82) is 0 Å². The molecule has 66 valence electrons. The summed E-state index contributed by atoms with van der Waals surface area (Å²) in [5, 5.41) is 0. The Bertz CT molecular complexity index is 231. The largest absolute Gasteiger partial charge is 0.259 e. The molecule has 0 bridgehead atoms. The molecule has 1 aromatic heterocycles. The molecule has 1 aromatic rings. The molecule has 1 heterocycles. The zero-order valence-corrected chi connectivity index (χ0v) is 8.30. The Hall–Kier alpha value is -0.560. The van der Waals surface area contributed by atoms with Crippen LogP contribution in [0.15, 0.2) is 24.4 Å². The van der Waals surface area contributed by atoms with Crippen molar-refractivity contribution in [3.8, 4) is 0 Å². The standard InChI is InChI=1S/C10H14ClN/c1-3-7-10(2,11)9-6-4-5-8-12-9/h4-6,8H,3,7H2,1-2H3. The van der Waals surface area contributed by atoms with Gasteiger partial charge in [0.15, 0.2) is 0 Å². The van der Waals surface area contributed by atoms with Crippen LogP contribution in [-0.2, 0) is 4.87 Å². The van der Waals surface area contributed by atoms with E-state index in [1.807, 2.05) is 25.1 Å². The van der Waals surface area contributed by atoms with E-state index in [1.165, 1.54) is 0 Å². The number of pyridine rings is 1. The molecule has 0 aliphatic heterocycles. The summed E-state index contributed by atoms with van der Waals surface area (Å²) in [5.74, 6) is 0. The highest BCUT2D eigenvalue weighted by Gasteiger charge is 2.22. The Morgan fingerprint density at radius 1 is 1.50 bits per heavy atom. The monoisotopic (exact) mass is 183 g/mol. The SMILES string of the molecule is CCCC(C)(Cl)c1ccccn1. The first-order valence-electron chi connectivity index (χ1n) is 4.27. The maximum Gasteiger partial charge on any atom is 0.0837 e. The predicted molar refractivity (Wildman–Crippen MR) is 52.4 cm³/mol. The van der Waals surface area contributed by atoms with E-state index in [1.54, 1.807) is 6.20 Å². The average molecular weight is 184 g/mol. The second kappa shape index (κ2) is 3.90. The molecule has 0 spiro atoms. The molecule has 0 fully saturated rings. The fourth-order valence-electron chi connectivity index (χ4n) is 1.27. The molecule has 0 amide bonds. The normalized spacial score (nSPS) is 15.6. The van der Waals surface area contributed by atoms with Gasteiger partial charge in [-0.2, -0.15) is 0 Å². The molecule has 0 radical (unpaired) electrons. The molecule has 1 nitrogen and oxygen atoms in total. The molecule has 0 aliphatic carbocycles. The number of nitrogens with zero attached hydrogens (tertiary/aromatic N) is 1. The summed E-state index contributed by atoms with van der Waals surface area (Å²) >= 11 is 6.30. The lowest BCUT2D eigenvalue weighted by Gasteiger charge is -2.19. The first kappa shape index (κ1) is 9.53. The van der Waals surface area contributed by atoms with Crippen LogP contribution < -0.4 is 0 Å². The zero-order valence-electron chi connectivity index (χ0n) is 7.55. The van der Waals surface area contributed by atoms with Crippen molar-refractivity contribution < 1.29 is 0 Å². The van der Waals surface area contributed by atoms with Crippen LogP contribution in [0.5, 0.6) is 0 Å². The maximum absolute atomic E-state index is 6.30. The van der Waals surface area contributed by atoms with E-state index in [0.29, 0.717) is 0 Å². The summed E-state index contributed by atoms with van der Waals surface area (Å²) in [6, 6.07) is 5.85. The quantitative estimate of drug-likeness (QED) is 0.656. The van der Waals surface area contributed by atoms with E-state index in [0.717, 1.165) is 18.5 Å². The van der Waals surface area contributed by atoms with Gasteiger partial charge in [-0.15, -0.1) is 11.6 Å². The number of hydrogen-bond donors (Lipinski definition) is 0. The fourth-order valence-corrected chi connectivity index (χ4v) is 1.57. The van der Waals surface area contributed by atoms with Crippen molar-refractivity contribution in [3.63, 3.8) is 0 Å². The van der Waals surface area contributed by atoms with Crippen LogP contribution in [0.1, 0.15) is 32.4 Å². The number of rotatable bonds is 3. The van der Waals surface area contributed by atoms with Crippen molar-refractivity contribution in [2.45, 2.75) is 31.6 Å². The van der Waals surface area contributed by atoms with Gasteiger partial charge in [-0.25, -0.2) is 0 Å². The molecule has 2 heteroatoms. The van der Waals surface area contributed by atoms with Gasteiger partial charge in [0, 0.05) is 6.20 Å². The van der Waals surface area contributed by atoms with Gasteiger partial charge in [-0.05, 0) is 25.5 Å². The molecule has 1 rings (SSSR count). The topological polar surface area (TPSA) is 12.9 Å². The number of halogens is 1. The minimum atomic E-state index is -0.296. The molecular formula is C10H14ClN. The van der Waals surface area contributed by atoms with E-state index in [-0.39, 0.29) is 4.87 Å². The summed E-state index contributed by atoms with van der Waals surface area (Å²) in [6.07, 6.45) is 3.83. The Kier molecular flexibility index (Phi) is 3.10. The van der Waals surface area contributed by atoms with Crippen LogP contribution >= 0.6 is 11.6 Å². The summed E-state index contributed by atoms with van der Waals surface area (Å²) in [7, 11) is 0. The van der Waals surface area contributed by atoms with Crippen LogP contribution in [0.3, 0.4) is 0 Å². The van der Waals surface area contributed by atoms with Crippen LogP contribution in [-0.4, -0.2) is 4.98 Å². The van der Waals surface area contributed by atoms with Crippen LogP contribution in [0.2, 0.25) is 0 Å². The second-order valence-corrected chi connectivity index (χ2v) is 4.00. The van der Waals surface area contributed by atoms with E-state index in [9.17, 15) is 0 Å². The summed E-state index contributed by atoms with van der Waals surface area (Å²) in [6.45, 7) is 4.14. The fraction of sp³-hybridized carbons (Fsp3) is 0.500. The van der Waals surface area contributed by atoms with Crippen molar-refractivity contribution in [2.75, 3.05) is 0 Å². The molecule has 12 heavy (non-hydrogen) atoms. The van der Waals surface area contributed by atoms with Crippen LogP contribution in [0.25, 0.3) is 0 Å². The minimum Gasteiger partial charge on any atom is -0.259 e. The Morgan fingerprint density at radius 2 is 2.25 bits per heavy atom. The smallest absolute Gasteiger partial charge is 0.0837 e. The van der Waals surface area contributed by atoms with Crippen molar-refractivity contribution >= 4 is 11.6 Å². The van der Waals surface area contributed by atoms with Crippen molar-refractivity contribution in [2.24, 2.45) is 0 Å². The Labute approximate surface area is 78.8 Å². The van der Waals surface area contributed by atoms with E-state index in [2.05, 4.69) is 11.9 Å². The molecule has 0 aliphatic rings. The van der Waals surface area contributed by atoms with Gasteiger partial charge >= 0.3 is 0 Å². The van der Waals surface area contributed by atoms with Crippen molar-refractivity contribution in [3.05, 3.63) is 30.1 Å². The molecular weight excluding hydrogens is 170 g/mol. The van der Waals surface area contributed by atoms with Crippen LogP contribution in [0.4, 0.5) is 0 Å². The highest BCUT2D eigenvalue weighted by Crippen LogP contribution is 2.31. The number of hydrogen-bond acceptors (Lipinski definition) is 1. The third-order valence-corrected chi connectivity index (χ3v) is 2.30. The van der Waals surface area contributed by atoms with E-state index >= 15 is 0 Å². The number of alkyl halides is 1. The third-order valence-electron chi connectivity index (χ3n) is 1.92. The summed E-state index contributed by atoms with van der Waals surface area (Å²) < 4.78 is 0. The first-order valence-corrected chi connectivity index (χ1v) is 4.65. The summed E-state index contributed by atoms with van der Waals surface area (Å²) in [5.41, 5.74) is 0.966. The first-order chi connectivity index (χ1) is 5.67. The lowest BCUT2D eigenvalue weighted by atomic mass is 10.0. The summed E-state index contributed by atoms with van der Waals surface area (Å²) in [4.78, 5) is 3.94. The Balaban J connectivity index is 2.82. The minimum absolute atomic E-state index is 0.296. The molecule has 0 saturated heterocycles. The van der Waals surface area contributed by atoms with Gasteiger partial charge in [-0.1, -0.05) is 19.4 Å². The zero-order chi connectivity index (χ0) is 9.03. The molecule has 1 unspecified atom stereocenters. The second-order valence-electron chi connectivity index (χ2n) is 3.16. The third kappa shape index (κ3) is 2.21. The van der Waals surface area contributed by atoms with Crippen molar-refractivity contribution in [1.82, 2.24) is 4.98 Å². The van der Waals surface area contributed by atoms with Gasteiger partial charge in [0.05, 0.1) is 10.6 Å². The van der Waals surface area contributed by atoms with Gasteiger partial charge in [0.2, 0.25) is 0 Å². The van der Waals surface area contributed by atoms with Gasteiger partial charge < -0.3 is 0 Å². The number of aromatic nitrogens is 1. The van der Waals surface area contributed by atoms with Gasteiger partial charge in [0.1, 0.15) is 0 Å². The molecule has 1 atom stereocenters. The van der Waals surface area contributed by atoms with Gasteiger partial charge in [-0.3, -0.25) is 4.98 Å². The Morgan fingerprint density at radius 3 is 2.75 bits per heavy atom. The molecule has 0 saturated carbocycles. The highest BCUT2D eigenvalue weighted by molar-refractivity contribution is 6.23. The van der Waals surface area contributed by atoms with E-state index < -0.39 is 0 Å². The van der Waals surface area contributed by atoms with E-state index in [4.69, 9.17) is 11.6 Å². The predicted octanol–water partition coefficient (Wildman–Crippen LogP) is 3.34. The molecule has 0 aromatic carbocycles. The maximum atomic E-state index is 6.30. The van der Waals surface area contributed by atoms with Gasteiger partial charge in [0.25, 0.3) is 0 Å². The molecule has 0 N–H and O–H groups in total. The van der Waals surface area contributed by atoms with Crippen LogP contribution in [0, 0.1) is 0 Å². The lowest BCUT2D eigenvalue weighted by molar-refractivity contribution is 0.580. The average Bonchev–Trinajstić information content (AvgIpc) is 2.06. The lowest BCUT2D eigenvalue weighted by Crippen LogP contribution is -2.14.